The van der Waals surface area contributed by atoms with Crippen molar-refractivity contribution < 1.29 is 4.79 Å². The fourth-order valence-corrected chi connectivity index (χ4v) is 3.61. The molecule has 0 saturated carbocycles. The molecule has 0 bridgehead atoms. The van der Waals surface area contributed by atoms with E-state index in [4.69, 9.17) is 0 Å². The van der Waals surface area contributed by atoms with Gasteiger partial charge in [-0.3, -0.25) is 10.1 Å². The molecule has 0 spiro atoms. The van der Waals surface area contributed by atoms with Gasteiger partial charge in [-0.15, -0.1) is 22.7 Å². The molecule has 0 aliphatic heterocycles. The molecule has 1 aromatic carbocycles. The highest BCUT2D eigenvalue weighted by Crippen LogP contribution is 2.26. The maximum atomic E-state index is 12.3. The minimum atomic E-state index is -0.145. The first kappa shape index (κ1) is 14.9. The van der Waals surface area contributed by atoms with E-state index in [1.54, 1.807) is 0 Å². The quantitative estimate of drug-likeness (QED) is 0.772. The lowest BCUT2D eigenvalue weighted by Gasteiger charge is -2.00. The summed E-state index contributed by atoms with van der Waals surface area (Å²) in [6.45, 7) is 5.79. The number of thiazole rings is 2. The number of hydrogen-bond donors (Lipinski definition) is 1. The van der Waals surface area contributed by atoms with Crippen LogP contribution in [0.4, 0.5) is 5.13 Å². The van der Waals surface area contributed by atoms with Crippen molar-refractivity contribution >= 4 is 33.7 Å². The van der Waals surface area contributed by atoms with Crippen LogP contribution in [0, 0.1) is 20.8 Å². The fourth-order valence-electron chi connectivity index (χ4n) is 2.08. The number of anilines is 1. The highest BCUT2D eigenvalue weighted by atomic mass is 32.1. The summed E-state index contributed by atoms with van der Waals surface area (Å²) in [5, 5.41) is 6.30. The van der Waals surface area contributed by atoms with Gasteiger partial charge in [0.1, 0.15) is 4.88 Å². The van der Waals surface area contributed by atoms with E-state index in [1.165, 1.54) is 28.2 Å². The molecule has 0 radical (unpaired) electrons. The average Bonchev–Trinajstić information content (AvgIpc) is 3.06. The van der Waals surface area contributed by atoms with Crippen molar-refractivity contribution in [2.75, 3.05) is 5.32 Å². The van der Waals surface area contributed by atoms with Crippen molar-refractivity contribution in [3.8, 4) is 11.3 Å². The normalized spacial score (nSPS) is 10.7. The zero-order valence-electron chi connectivity index (χ0n) is 12.5. The Morgan fingerprint density at radius 2 is 1.82 bits per heavy atom. The number of hydrogen-bond acceptors (Lipinski definition) is 5. The van der Waals surface area contributed by atoms with Gasteiger partial charge in [-0.1, -0.05) is 29.8 Å². The molecule has 6 heteroatoms. The zero-order chi connectivity index (χ0) is 15.7. The Hall–Kier alpha value is -2.05. The maximum Gasteiger partial charge on any atom is 0.269 e. The van der Waals surface area contributed by atoms with Crippen LogP contribution in [0.5, 0.6) is 0 Å². The monoisotopic (exact) mass is 329 g/mol. The SMILES string of the molecule is Cc1ccc(-c2csc(NC(=O)c3sc(C)nc3C)n2)cc1. The predicted molar refractivity (Wildman–Crippen MR) is 91.8 cm³/mol. The molecule has 2 heterocycles. The first-order chi connectivity index (χ1) is 10.5. The van der Waals surface area contributed by atoms with Crippen molar-refractivity contribution in [1.29, 1.82) is 0 Å². The van der Waals surface area contributed by atoms with Crippen LogP contribution < -0.4 is 5.32 Å². The van der Waals surface area contributed by atoms with Crippen molar-refractivity contribution in [3.63, 3.8) is 0 Å². The minimum Gasteiger partial charge on any atom is -0.297 e. The molecule has 0 saturated heterocycles. The molecule has 22 heavy (non-hydrogen) atoms. The summed E-state index contributed by atoms with van der Waals surface area (Å²) in [6, 6.07) is 8.17. The van der Waals surface area contributed by atoms with E-state index in [0.29, 0.717) is 10.0 Å². The highest BCUT2D eigenvalue weighted by molar-refractivity contribution is 7.15. The molecule has 0 aliphatic rings. The lowest BCUT2D eigenvalue weighted by molar-refractivity contribution is 0.103. The summed E-state index contributed by atoms with van der Waals surface area (Å²) in [6.07, 6.45) is 0. The summed E-state index contributed by atoms with van der Waals surface area (Å²) in [4.78, 5) is 21.7. The van der Waals surface area contributed by atoms with Crippen molar-refractivity contribution in [2.24, 2.45) is 0 Å². The average molecular weight is 329 g/mol. The Morgan fingerprint density at radius 3 is 2.45 bits per heavy atom. The number of benzene rings is 1. The van der Waals surface area contributed by atoms with Crippen LogP contribution in [0.2, 0.25) is 0 Å². The molecular weight excluding hydrogens is 314 g/mol. The third kappa shape index (κ3) is 3.08. The summed E-state index contributed by atoms with van der Waals surface area (Å²) >= 11 is 2.83. The number of rotatable bonds is 3. The highest BCUT2D eigenvalue weighted by Gasteiger charge is 2.15. The Bertz CT molecular complexity index is 818. The Kier molecular flexibility index (Phi) is 4.04. The van der Waals surface area contributed by atoms with Gasteiger partial charge < -0.3 is 0 Å². The predicted octanol–water partition coefficient (Wildman–Crippen LogP) is 4.44. The van der Waals surface area contributed by atoms with E-state index in [2.05, 4.69) is 34.3 Å². The molecule has 0 unspecified atom stereocenters. The lowest BCUT2D eigenvalue weighted by atomic mass is 10.1. The number of carbonyl (C=O) groups excluding carboxylic acids is 1. The van der Waals surface area contributed by atoms with Crippen LogP contribution in [0.1, 0.15) is 25.9 Å². The molecule has 4 nitrogen and oxygen atoms in total. The topological polar surface area (TPSA) is 54.9 Å². The van der Waals surface area contributed by atoms with Crippen LogP contribution >= 0.6 is 22.7 Å². The molecular formula is C16H15N3OS2. The molecule has 1 amide bonds. The molecule has 2 aromatic heterocycles. The third-order valence-corrected chi connectivity index (χ3v) is 5.01. The van der Waals surface area contributed by atoms with Gasteiger partial charge in [-0.05, 0) is 20.8 Å². The fraction of sp³-hybridized carbons (Fsp3) is 0.188. The van der Waals surface area contributed by atoms with E-state index >= 15 is 0 Å². The second-order valence-electron chi connectivity index (χ2n) is 5.01. The number of nitrogens with zero attached hydrogens (tertiary/aromatic N) is 2. The number of amides is 1. The van der Waals surface area contributed by atoms with E-state index in [1.807, 2.05) is 31.4 Å². The Balaban J connectivity index is 1.78. The van der Waals surface area contributed by atoms with Crippen LogP contribution in [0.15, 0.2) is 29.6 Å². The van der Waals surface area contributed by atoms with Gasteiger partial charge in [-0.25, -0.2) is 9.97 Å². The van der Waals surface area contributed by atoms with Crippen LogP contribution in [0.25, 0.3) is 11.3 Å². The van der Waals surface area contributed by atoms with Gasteiger partial charge in [0, 0.05) is 10.9 Å². The summed E-state index contributed by atoms with van der Waals surface area (Å²) < 4.78 is 0. The van der Waals surface area contributed by atoms with E-state index in [0.717, 1.165) is 22.0 Å². The summed E-state index contributed by atoms with van der Waals surface area (Å²) in [7, 11) is 0. The van der Waals surface area contributed by atoms with Crippen molar-refractivity contribution in [3.05, 3.63) is 50.8 Å². The maximum absolute atomic E-state index is 12.3. The standard InChI is InChI=1S/C16H15N3OS2/c1-9-4-6-12(7-5-9)13-8-21-16(18-13)19-15(20)14-10(2)17-11(3)22-14/h4-8H,1-3H3,(H,18,19,20). The number of nitrogens with one attached hydrogen (secondary N) is 1. The molecule has 1 N–H and O–H groups in total. The minimum absolute atomic E-state index is 0.145. The Labute approximate surface area is 136 Å². The zero-order valence-corrected chi connectivity index (χ0v) is 14.1. The lowest BCUT2D eigenvalue weighted by Crippen LogP contribution is -2.11. The Morgan fingerprint density at radius 1 is 1.09 bits per heavy atom. The molecule has 112 valence electrons. The molecule has 3 aromatic rings. The number of aryl methyl sites for hydroxylation is 3. The second-order valence-corrected chi connectivity index (χ2v) is 7.07. The summed E-state index contributed by atoms with van der Waals surface area (Å²) in [5.41, 5.74) is 3.89. The van der Waals surface area contributed by atoms with Gasteiger partial charge in [0.25, 0.3) is 5.91 Å². The third-order valence-electron chi connectivity index (χ3n) is 3.18. The van der Waals surface area contributed by atoms with Crippen LogP contribution in [-0.2, 0) is 0 Å². The first-order valence-electron chi connectivity index (χ1n) is 6.81. The first-order valence-corrected chi connectivity index (χ1v) is 8.50. The van der Waals surface area contributed by atoms with Gasteiger partial charge in [0.15, 0.2) is 5.13 Å². The summed E-state index contributed by atoms with van der Waals surface area (Å²) in [5.74, 6) is -0.145. The number of aromatic nitrogens is 2. The molecule has 0 fully saturated rings. The van der Waals surface area contributed by atoms with Gasteiger partial charge >= 0.3 is 0 Å². The van der Waals surface area contributed by atoms with E-state index < -0.39 is 0 Å². The van der Waals surface area contributed by atoms with Crippen LogP contribution in [-0.4, -0.2) is 15.9 Å². The van der Waals surface area contributed by atoms with E-state index in [-0.39, 0.29) is 5.91 Å². The molecule has 0 atom stereocenters. The smallest absolute Gasteiger partial charge is 0.269 e. The van der Waals surface area contributed by atoms with Crippen LogP contribution in [0.3, 0.4) is 0 Å². The van der Waals surface area contributed by atoms with Crippen molar-refractivity contribution in [2.45, 2.75) is 20.8 Å². The second kappa shape index (κ2) is 5.98. The number of carbonyl (C=O) groups is 1. The van der Waals surface area contributed by atoms with Gasteiger partial charge in [0.05, 0.1) is 16.4 Å². The van der Waals surface area contributed by atoms with E-state index in [9.17, 15) is 4.79 Å². The van der Waals surface area contributed by atoms with Gasteiger partial charge in [-0.2, -0.15) is 0 Å². The van der Waals surface area contributed by atoms with Gasteiger partial charge in [0.2, 0.25) is 0 Å². The van der Waals surface area contributed by atoms with Crippen molar-refractivity contribution in [1.82, 2.24) is 9.97 Å². The molecule has 0 aliphatic carbocycles. The molecule has 3 rings (SSSR count). The largest absolute Gasteiger partial charge is 0.297 e.